The van der Waals surface area contributed by atoms with Gasteiger partial charge in [-0.15, -0.1) is 0 Å². The van der Waals surface area contributed by atoms with E-state index in [2.05, 4.69) is 4.72 Å². The third-order valence-corrected chi connectivity index (χ3v) is 7.33. The van der Waals surface area contributed by atoms with Crippen molar-refractivity contribution in [3.05, 3.63) is 29.3 Å². The molecule has 1 aromatic carbocycles. The monoisotopic (exact) mass is 341 g/mol. The van der Waals surface area contributed by atoms with Crippen LogP contribution in [0.15, 0.2) is 24.3 Å². The minimum absolute atomic E-state index is 0.102. The lowest BCUT2D eigenvalue weighted by molar-refractivity contribution is -0.128. The zero-order valence-corrected chi connectivity index (χ0v) is 14.3. The quantitative estimate of drug-likeness (QED) is 0.911. The number of hydrogen-bond donors (Lipinski definition) is 1. The number of rotatable bonds is 4. The smallest absolute Gasteiger partial charge is 0.233 e. The number of ketones is 1. The number of anilines is 1. The average molecular weight is 342 g/mol. The van der Waals surface area contributed by atoms with Crippen LogP contribution < -0.4 is 4.72 Å². The van der Waals surface area contributed by atoms with Crippen LogP contribution in [0.3, 0.4) is 0 Å². The number of fused-ring (bicyclic) bond motifs is 2. The van der Waals surface area contributed by atoms with Gasteiger partial charge in [0.2, 0.25) is 10.0 Å². The standard InChI is InChI=1S/C16H20ClNO3S/c1-15(2)11-6-7-16(15,14(19)8-11)10-22(20,21)18-13-5-3-4-12(17)9-13/h3-5,9,11,18H,6-8,10H2,1-2H3. The molecule has 2 bridgehead atoms. The van der Waals surface area contributed by atoms with Gasteiger partial charge in [-0.1, -0.05) is 31.5 Å². The maximum absolute atomic E-state index is 12.6. The molecule has 2 saturated carbocycles. The topological polar surface area (TPSA) is 63.2 Å². The van der Waals surface area contributed by atoms with Crippen LogP contribution in [0.2, 0.25) is 5.02 Å². The van der Waals surface area contributed by atoms with E-state index < -0.39 is 15.4 Å². The highest BCUT2D eigenvalue weighted by Gasteiger charge is 2.65. The minimum atomic E-state index is -3.61. The highest BCUT2D eigenvalue weighted by molar-refractivity contribution is 7.92. The van der Waals surface area contributed by atoms with Crippen molar-refractivity contribution in [2.75, 3.05) is 10.5 Å². The lowest BCUT2D eigenvalue weighted by atomic mass is 9.70. The summed E-state index contributed by atoms with van der Waals surface area (Å²) in [6.07, 6.45) is 2.12. The second kappa shape index (κ2) is 4.96. The molecule has 2 unspecified atom stereocenters. The molecular formula is C16H20ClNO3S. The second-order valence-electron chi connectivity index (χ2n) is 7.04. The van der Waals surface area contributed by atoms with Crippen LogP contribution in [0.5, 0.6) is 0 Å². The molecule has 0 aromatic heterocycles. The van der Waals surface area contributed by atoms with Crippen molar-refractivity contribution in [3.8, 4) is 0 Å². The fourth-order valence-electron chi connectivity index (χ4n) is 4.20. The van der Waals surface area contributed by atoms with Crippen molar-refractivity contribution in [1.29, 1.82) is 0 Å². The lowest BCUT2D eigenvalue weighted by Gasteiger charge is -2.36. The molecule has 2 aliphatic carbocycles. The molecule has 120 valence electrons. The largest absolute Gasteiger partial charge is 0.299 e. The van der Waals surface area contributed by atoms with Crippen LogP contribution in [0.4, 0.5) is 5.69 Å². The summed E-state index contributed by atoms with van der Waals surface area (Å²) < 4.78 is 27.7. The molecule has 2 fully saturated rings. The van der Waals surface area contributed by atoms with Crippen LogP contribution in [0.25, 0.3) is 0 Å². The number of halogens is 1. The van der Waals surface area contributed by atoms with Crippen LogP contribution >= 0.6 is 11.6 Å². The number of carbonyl (C=O) groups is 1. The lowest BCUT2D eigenvalue weighted by Crippen LogP contribution is -2.43. The summed E-state index contributed by atoms with van der Waals surface area (Å²) in [7, 11) is -3.61. The van der Waals surface area contributed by atoms with E-state index in [1.54, 1.807) is 24.3 Å². The normalized spacial score (nSPS) is 29.8. The average Bonchev–Trinajstić information content (AvgIpc) is 2.71. The van der Waals surface area contributed by atoms with Crippen LogP contribution in [-0.4, -0.2) is 20.0 Å². The van der Waals surface area contributed by atoms with E-state index in [9.17, 15) is 13.2 Å². The molecule has 4 nitrogen and oxygen atoms in total. The zero-order chi connectivity index (χ0) is 16.2. The molecular weight excluding hydrogens is 322 g/mol. The predicted molar refractivity (Wildman–Crippen MR) is 87.4 cm³/mol. The summed E-state index contributed by atoms with van der Waals surface area (Å²) in [6.45, 7) is 4.06. The third-order valence-electron chi connectivity index (χ3n) is 5.67. The van der Waals surface area contributed by atoms with Gasteiger partial charge in [-0.25, -0.2) is 8.42 Å². The molecule has 6 heteroatoms. The van der Waals surface area contributed by atoms with Crippen LogP contribution in [0.1, 0.15) is 33.1 Å². The van der Waals surface area contributed by atoms with Gasteiger partial charge in [0.25, 0.3) is 0 Å². The summed E-state index contributed by atoms with van der Waals surface area (Å²) in [5.41, 5.74) is -0.573. The fourth-order valence-corrected chi connectivity index (χ4v) is 6.27. The molecule has 3 rings (SSSR count). The van der Waals surface area contributed by atoms with Crippen molar-refractivity contribution in [3.63, 3.8) is 0 Å². The van der Waals surface area contributed by atoms with Gasteiger partial charge in [-0.3, -0.25) is 9.52 Å². The first-order chi connectivity index (χ1) is 10.2. The Kier molecular flexibility index (Phi) is 3.57. The van der Waals surface area contributed by atoms with Gasteiger partial charge in [0, 0.05) is 17.1 Å². The Morgan fingerprint density at radius 1 is 1.36 bits per heavy atom. The number of benzene rings is 1. The summed E-state index contributed by atoms with van der Waals surface area (Å²) in [4.78, 5) is 12.4. The maximum atomic E-state index is 12.6. The number of nitrogens with one attached hydrogen (secondary N) is 1. The van der Waals surface area contributed by atoms with Crippen LogP contribution in [0, 0.1) is 16.7 Å². The molecule has 0 aliphatic heterocycles. The fraction of sp³-hybridized carbons (Fsp3) is 0.562. The van der Waals surface area contributed by atoms with Crippen molar-refractivity contribution >= 4 is 33.1 Å². The van der Waals surface area contributed by atoms with Crippen molar-refractivity contribution in [2.45, 2.75) is 33.1 Å². The Morgan fingerprint density at radius 2 is 2.09 bits per heavy atom. The highest BCUT2D eigenvalue weighted by atomic mass is 35.5. The van der Waals surface area contributed by atoms with Crippen molar-refractivity contribution in [1.82, 2.24) is 0 Å². The van der Waals surface area contributed by atoms with Gasteiger partial charge in [0.15, 0.2) is 0 Å². The molecule has 2 aliphatic rings. The van der Waals surface area contributed by atoms with Crippen molar-refractivity contribution in [2.24, 2.45) is 16.7 Å². The first-order valence-electron chi connectivity index (χ1n) is 7.46. The summed E-state index contributed by atoms with van der Waals surface area (Å²) in [5.74, 6) is 0.265. The van der Waals surface area contributed by atoms with E-state index in [0.29, 0.717) is 29.5 Å². The second-order valence-corrected chi connectivity index (χ2v) is 9.20. The summed E-state index contributed by atoms with van der Waals surface area (Å²) in [6, 6.07) is 6.59. The van der Waals surface area contributed by atoms with Gasteiger partial charge in [-0.2, -0.15) is 0 Å². The highest BCUT2D eigenvalue weighted by Crippen LogP contribution is 2.64. The molecule has 1 N–H and O–H groups in total. The number of hydrogen-bond acceptors (Lipinski definition) is 3. The molecule has 0 saturated heterocycles. The van der Waals surface area contributed by atoms with Gasteiger partial charge >= 0.3 is 0 Å². The zero-order valence-electron chi connectivity index (χ0n) is 12.7. The Hall–Kier alpha value is -1.07. The van der Waals surface area contributed by atoms with Crippen molar-refractivity contribution < 1.29 is 13.2 Å². The first kappa shape index (κ1) is 15.8. The van der Waals surface area contributed by atoms with E-state index in [0.717, 1.165) is 6.42 Å². The molecule has 0 spiro atoms. The van der Waals surface area contributed by atoms with Gasteiger partial charge in [0.1, 0.15) is 5.78 Å². The number of Topliss-reactive ketones (excluding diaryl/α,β-unsaturated/α-hetero) is 1. The van der Waals surface area contributed by atoms with Gasteiger partial charge in [0.05, 0.1) is 11.2 Å². The third kappa shape index (κ3) is 2.35. The van der Waals surface area contributed by atoms with Gasteiger partial charge < -0.3 is 0 Å². The maximum Gasteiger partial charge on any atom is 0.233 e. The Bertz CT molecular complexity index is 729. The predicted octanol–water partition coefficient (Wildman–Crippen LogP) is 3.48. The number of sulfonamides is 1. The molecule has 0 amide bonds. The molecule has 2 atom stereocenters. The summed E-state index contributed by atoms with van der Waals surface area (Å²) in [5, 5.41) is 0.469. The summed E-state index contributed by atoms with van der Waals surface area (Å²) >= 11 is 5.88. The first-order valence-corrected chi connectivity index (χ1v) is 9.49. The van der Waals surface area contributed by atoms with E-state index in [1.807, 2.05) is 13.8 Å². The van der Waals surface area contributed by atoms with E-state index in [1.165, 1.54) is 0 Å². The van der Waals surface area contributed by atoms with Crippen LogP contribution in [-0.2, 0) is 14.8 Å². The Balaban J connectivity index is 1.87. The Labute approximate surface area is 136 Å². The van der Waals surface area contributed by atoms with E-state index in [4.69, 9.17) is 11.6 Å². The molecule has 0 heterocycles. The van der Waals surface area contributed by atoms with E-state index in [-0.39, 0.29) is 17.0 Å². The van der Waals surface area contributed by atoms with E-state index >= 15 is 0 Å². The molecule has 0 radical (unpaired) electrons. The van der Waals surface area contributed by atoms with Gasteiger partial charge in [-0.05, 0) is 42.4 Å². The Morgan fingerprint density at radius 3 is 2.64 bits per heavy atom. The molecule has 1 aromatic rings. The number of carbonyl (C=O) groups excluding carboxylic acids is 1. The molecule has 22 heavy (non-hydrogen) atoms. The SMILES string of the molecule is CC1(C)C2CCC1(CS(=O)(=O)Nc1cccc(Cl)c1)C(=O)C2. The minimum Gasteiger partial charge on any atom is -0.299 e.